The number of rotatable bonds is 9. The Bertz CT molecular complexity index is 546. The highest BCUT2D eigenvalue weighted by Gasteiger charge is 2.13. The van der Waals surface area contributed by atoms with Crippen LogP contribution in [0, 0.1) is 0 Å². The molecule has 2 amide bonds. The zero-order valence-corrected chi connectivity index (χ0v) is 14.4. The summed E-state index contributed by atoms with van der Waals surface area (Å²) in [4.78, 5) is 23.1. The van der Waals surface area contributed by atoms with E-state index in [1.54, 1.807) is 0 Å². The van der Waals surface area contributed by atoms with Crippen molar-refractivity contribution in [1.29, 1.82) is 0 Å². The van der Waals surface area contributed by atoms with Gasteiger partial charge in [0.2, 0.25) is 0 Å². The van der Waals surface area contributed by atoms with Gasteiger partial charge < -0.3 is 25.2 Å². The molecule has 1 atom stereocenters. The summed E-state index contributed by atoms with van der Waals surface area (Å²) in [6.07, 6.45) is -0.135. The van der Waals surface area contributed by atoms with Crippen molar-refractivity contribution in [3.8, 4) is 11.5 Å². The Hall–Kier alpha value is -2.28. The molecule has 0 radical (unpaired) electrons. The van der Waals surface area contributed by atoms with Gasteiger partial charge in [0.15, 0.2) is 11.5 Å². The van der Waals surface area contributed by atoms with Crippen LogP contribution < -0.4 is 20.1 Å². The van der Waals surface area contributed by atoms with Crippen molar-refractivity contribution in [3.05, 3.63) is 23.8 Å². The summed E-state index contributed by atoms with van der Waals surface area (Å²) in [5.74, 6) is -0.119. The number of nitrogens with one attached hydrogen (secondary N) is 2. The molecule has 0 fully saturated rings. The summed E-state index contributed by atoms with van der Waals surface area (Å²) in [7, 11) is 0. The molecule has 1 aromatic rings. The van der Waals surface area contributed by atoms with Crippen LogP contribution in [0.2, 0.25) is 0 Å². The van der Waals surface area contributed by atoms with E-state index in [2.05, 4.69) is 10.6 Å². The Morgan fingerprint density at radius 2 is 1.71 bits per heavy atom. The molecule has 0 aliphatic heterocycles. The van der Waals surface area contributed by atoms with Crippen LogP contribution in [0.3, 0.4) is 0 Å². The van der Waals surface area contributed by atoms with Crippen LogP contribution >= 0.6 is 0 Å². The average molecular weight is 338 g/mol. The third-order valence-corrected chi connectivity index (χ3v) is 3.07. The van der Waals surface area contributed by atoms with E-state index in [1.165, 1.54) is 6.92 Å². The second kappa shape index (κ2) is 10.5. The highest BCUT2D eigenvalue weighted by atomic mass is 16.5. The highest BCUT2D eigenvalue weighted by molar-refractivity contribution is 6.35. The fourth-order valence-electron chi connectivity index (χ4n) is 1.97. The van der Waals surface area contributed by atoms with E-state index < -0.39 is 17.9 Å². The Kier molecular flexibility index (Phi) is 8.64. The molecule has 1 rings (SSSR count). The minimum atomic E-state index is -0.752. The lowest BCUT2D eigenvalue weighted by atomic mass is 10.1. The molecule has 24 heavy (non-hydrogen) atoms. The molecular weight excluding hydrogens is 312 g/mol. The maximum atomic E-state index is 11.6. The quantitative estimate of drug-likeness (QED) is 0.574. The highest BCUT2D eigenvalue weighted by Crippen LogP contribution is 2.28. The monoisotopic (exact) mass is 338 g/mol. The second-order valence-electron chi connectivity index (χ2n) is 5.21. The molecule has 0 saturated heterocycles. The number of hydrogen-bond donors (Lipinski definition) is 3. The molecular formula is C17H26N2O5. The number of amides is 2. The van der Waals surface area contributed by atoms with Crippen molar-refractivity contribution in [3.63, 3.8) is 0 Å². The maximum Gasteiger partial charge on any atom is 0.309 e. The van der Waals surface area contributed by atoms with Gasteiger partial charge in [-0.05, 0) is 44.9 Å². The Morgan fingerprint density at radius 1 is 1.08 bits per heavy atom. The van der Waals surface area contributed by atoms with Crippen molar-refractivity contribution >= 4 is 11.8 Å². The van der Waals surface area contributed by atoms with E-state index in [0.29, 0.717) is 37.7 Å². The van der Waals surface area contributed by atoms with Gasteiger partial charge in [-0.15, -0.1) is 0 Å². The third-order valence-electron chi connectivity index (χ3n) is 3.07. The number of hydrogen-bond acceptors (Lipinski definition) is 5. The van der Waals surface area contributed by atoms with Crippen molar-refractivity contribution in [1.82, 2.24) is 10.6 Å². The Labute approximate surface area is 142 Å². The number of aliphatic hydroxyl groups excluding tert-OH is 1. The van der Waals surface area contributed by atoms with Crippen molar-refractivity contribution < 1.29 is 24.2 Å². The van der Waals surface area contributed by atoms with Crippen LogP contribution in [-0.4, -0.2) is 49.3 Å². The summed E-state index contributed by atoms with van der Waals surface area (Å²) < 4.78 is 11.0. The van der Waals surface area contributed by atoms with Gasteiger partial charge in [0.1, 0.15) is 0 Å². The molecule has 7 heteroatoms. The minimum absolute atomic E-state index is 0.0445. The van der Waals surface area contributed by atoms with E-state index in [4.69, 9.17) is 14.6 Å². The lowest BCUT2D eigenvalue weighted by molar-refractivity contribution is -0.139. The molecule has 3 N–H and O–H groups in total. The van der Waals surface area contributed by atoms with E-state index >= 15 is 0 Å². The molecule has 0 spiro atoms. The van der Waals surface area contributed by atoms with Crippen LogP contribution in [0.15, 0.2) is 18.2 Å². The van der Waals surface area contributed by atoms with Crippen molar-refractivity contribution in [2.75, 3.05) is 26.3 Å². The summed E-state index contributed by atoms with van der Waals surface area (Å²) >= 11 is 0. The number of carbonyl (C=O) groups excluding carboxylic acids is 2. The predicted molar refractivity (Wildman–Crippen MR) is 90.2 cm³/mol. The first-order valence-electron chi connectivity index (χ1n) is 8.10. The molecule has 0 aliphatic rings. The molecule has 7 nitrogen and oxygen atoms in total. The van der Waals surface area contributed by atoms with Gasteiger partial charge >= 0.3 is 11.8 Å². The molecule has 0 saturated carbocycles. The Morgan fingerprint density at radius 3 is 2.33 bits per heavy atom. The molecule has 1 unspecified atom stereocenters. The van der Waals surface area contributed by atoms with Crippen LogP contribution in [0.25, 0.3) is 0 Å². The minimum Gasteiger partial charge on any atom is -0.490 e. The Balaban J connectivity index is 2.50. The normalized spacial score (nSPS) is 11.5. The van der Waals surface area contributed by atoms with E-state index in [0.717, 1.165) is 5.56 Å². The van der Waals surface area contributed by atoms with E-state index in [1.807, 2.05) is 32.0 Å². The zero-order chi connectivity index (χ0) is 17.9. The van der Waals surface area contributed by atoms with Gasteiger partial charge in [-0.3, -0.25) is 9.59 Å². The number of carbonyl (C=O) groups is 2. The van der Waals surface area contributed by atoms with Crippen LogP contribution in [0.5, 0.6) is 11.5 Å². The third kappa shape index (κ3) is 6.87. The van der Waals surface area contributed by atoms with Crippen molar-refractivity contribution in [2.45, 2.75) is 33.3 Å². The van der Waals surface area contributed by atoms with E-state index in [9.17, 15) is 9.59 Å². The summed E-state index contributed by atoms with van der Waals surface area (Å²) in [5.41, 5.74) is 0.964. The van der Waals surface area contributed by atoms with Gasteiger partial charge in [-0.1, -0.05) is 6.07 Å². The SMILES string of the molecule is CCOc1ccc(CCNC(=O)C(=O)NCC(C)O)cc1OCC. The molecule has 0 heterocycles. The molecule has 1 aromatic carbocycles. The average Bonchev–Trinajstić information content (AvgIpc) is 2.55. The largest absolute Gasteiger partial charge is 0.490 e. The fraction of sp³-hybridized carbons (Fsp3) is 0.529. The van der Waals surface area contributed by atoms with Crippen LogP contribution in [0.1, 0.15) is 26.3 Å². The lowest BCUT2D eigenvalue weighted by Crippen LogP contribution is -2.42. The van der Waals surface area contributed by atoms with Gasteiger partial charge in [0.05, 0.1) is 19.3 Å². The topological polar surface area (TPSA) is 96.9 Å². The zero-order valence-electron chi connectivity index (χ0n) is 14.4. The summed E-state index contributed by atoms with van der Waals surface area (Å²) in [6.45, 7) is 6.78. The standard InChI is InChI=1S/C17H26N2O5/c1-4-23-14-7-6-13(10-15(14)24-5-2)8-9-18-16(21)17(22)19-11-12(3)20/h6-7,10,12,20H,4-5,8-9,11H2,1-3H3,(H,18,21)(H,19,22). The van der Waals surface area contributed by atoms with Crippen LogP contribution in [0.4, 0.5) is 0 Å². The van der Waals surface area contributed by atoms with Crippen molar-refractivity contribution in [2.24, 2.45) is 0 Å². The fourth-order valence-corrected chi connectivity index (χ4v) is 1.97. The number of benzene rings is 1. The predicted octanol–water partition coefficient (Wildman–Crippen LogP) is 0.640. The first-order valence-corrected chi connectivity index (χ1v) is 8.10. The molecule has 134 valence electrons. The first kappa shape index (κ1) is 19.8. The van der Waals surface area contributed by atoms with Gasteiger partial charge in [0.25, 0.3) is 0 Å². The van der Waals surface area contributed by atoms with Gasteiger partial charge in [0, 0.05) is 13.1 Å². The van der Waals surface area contributed by atoms with Gasteiger partial charge in [-0.25, -0.2) is 0 Å². The molecule has 0 aromatic heterocycles. The smallest absolute Gasteiger partial charge is 0.309 e. The molecule has 0 aliphatic carbocycles. The molecule has 0 bridgehead atoms. The lowest BCUT2D eigenvalue weighted by Gasteiger charge is -2.12. The van der Waals surface area contributed by atoms with Gasteiger partial charge in [-0.2, -0.15) is 0 Å². The number of ether oxygens (including phenoxy) is 2. The van der Waals surface area contributed by atoms with Crippen LogP contribution in [-0.2, 0) is 16.0 Å². The first-order chi connectivity index (χ1) is 11.5. The van der Waals surface area contributed by atoms with E-state index in [-0.39, 0.29) is 6.54 Å². The maximum absolute atomic E-state index is 11.6. The number of aliphatic hydroxyl groups is 1. The summed E-state index contributed by atoms with van der Waals surface area (Å²) in [6, 6.07) is 5.60. The summed E-state index contributed by atoms with van der Waals surface area (Å²) in [5, 5.41) is 14.0. The second-order valence-corrected chi connectivity index (χ2v) is 5.21.